The Bertz CT molecular complexity index is 968. The van der Waals surface area contributed by atoms with Gasteiger partial charge in [0, 0.05) is 29.8 Å². The summed E-state index contributed by atoms with van der Waals surface area (Å²) >= 11 is 0. The average Bonchev–Trinajstić information content (AvgIpc) is 3.08. The molecule has 3 heterocycles. The lowest BCUT2D eigenvalue weighted by molar-refractivity contribution is 1.06. The molecule has 0 N–H and O–H groups in total. The predicted octanol–water partition coefficient (Wildman–Crippen LogP) is 5.04. The molecule has 0 bridgehead atoms. The highest BCUT2D eigenvalue weighted by Crippen LogP contribution is 2.31. The van der Waals surface area contributed by atoms with Crippen LogP contribution in [0.3, 0.4) is 0 Å². The molecule has 2 heteroatoms. The van der Waals surface area contributed by atoms with Gasteiger partial charge in [-0.15, -0.1) is 0 Å². The topological polar surface area (TPSA) is 8.82 Å². The van der Waals surface area contributed by atoms with Crippen LogP contribution in [0.2, 0.25) is 0 Å². The quantitative estimate of drug-likeness (QED) is 0.489. The SMILES string of the molecule is CCc1ccc(-c2cn3ccn4c(C)ccc4c3c2C)cc1. The summed E-state index contributed by atoms with van der Waals surface area (Å²) < 4.78 is 4.50. The molecule has 0 saturated heterocycles. The third-order valence-electron chi connectivity index (χ3n) is 4.70. The Hall–Kier alpha value is -2.48. The first-order valence-electron chi connectivity index (χ1n) is 7.86. The van der Waals surface area contributed by atoms with Crippen LogP contribution < -0.4 is 0 Å². The Kier molecular flexibility index (Phi) is 2.86. The maximum absolute atomic E-state index is 2.26. The molecule has 0 unspecified atom stereocenters. The zero-order valence-electron chi connectivity index (χ0n) is 13.3. The van der Waals surface area contributed by atoms with Gasteiger partial charge in [-0.25, -0.2) is 0 Å². The first-order valence-corrected chi connectivity index (χ1v) is 7.86. The number of hydrogen-bond acceptors (Lipinski definition) is 0. The standard InChI is InChI=1S/C20H20N2/c1-4-16-6-8-17(9-7-16)18-13-21-11-12-22-14(2)5-10-19(22)20(21)15(18)3/h5-13H,4H2,1-3H3. The highest BCUT2D eigenvalue weighted by atomic mass is 15.0. The number of aryl methyl sites for hydroxylation is 3. The summed E-state index contributed by atoms with van der Waals surface area (Å²) in [6.07, 6.45) is 7.61. The number of fused-ring (bicyclic) bond motifs is 3. The molecule has 0 aliphatic rings. The van der Waals surface area contributed by atoms with E-state index in [1.807, 2.05) is 0 Å². The molecule has 4 rings (SSSR count). The van der Waals surface area contributed by atoms with E-state index in [9.17, 15) is 0 Å². The lowest BCUT2D eigenvalue weighted by Crippen LogP contribution is -1.91. The molecule has 2 nitrogen and oxygen atoms in total. The van der Waals surface area contributed by atoms with Crippen LogP contribution >= 0.6 is 0 Å². The van der Waals surface area contributed by atoms with Crippen molar-refractivity contribution >= 4 is 11.0 Å². The minimum Gasteiger partial charge on any atom is -0.320 e. The first-order chi connectivity index (χ1) is 10.7. The van der Waals surface area contributed by atoms with Gasteiger partial charge in [0.15, 0.2) is 0 Å². The van der Waals surface area contributed by atoms with Crippen molar-refractivity contribution in [3.05, 3.63) is 71.8 Å². The second kappa shape index (κ2) is 4.77. The van der Waals surface area contributed by atoms with E-state index in [-0.39, 0.29) is 0 Å². The van der Waals surface area contributed by atoms with Crippen molar-refractivity contribution in [1.82, 2.24) is 8.80 Å². The smallest absolute Gasteiger partial charge is 0.0728 e. The Balaban J connectivity index is 1.98. The average molecular weight is 288 g/mol. The fraction of sp³-hybridized carbons (Fsp3) is 0.200. The van der Waals surface area contributed by atoms with Crippen LogP contribution in [0.25, 0.3) is 22.2 Å². The van der Waals surface area contributed by atoms with E-state index in [0.29, 0.717) is 0 Å². The van der Waals surface area contributed by atoms with E-state index >= 15 is 0 Å². The molecule has 0 saturated carbocycles. The first kappa shape index (κ1) is 13.2. The number of nitrogens with zero attached hydrogens (tertiary/aromatic N) is 2. The highest BCUT2D eigenvalue weighted by Gasteiger charge is 2.12. The monoisotopic (exact) mass is 288 g/mol. The van der Waals surface area contributed by atoms with Crippen LogP contribution in [0.15, 0.2) is 55.0 Å². The van der Waals surface area contributed by atoms with Crippen molar-refractivity contribution < 1.29 is 0 Å². The van der Waals surface area contributed by atoms with Crippen LogP contribution in [-0.2, 0) is 6.42 Å². The van der Waals surface area contributed by atoms with Gasteiger partial charge in [0.25, 0.3) is 0 Å². The number of rotatable bonds is 2. The maximum atomic E-state index is 2.26. The van der Waals surface area contributed by atoms with E-state index in [0.717, 1.165) is 6.42 Å². The van der Waals surface area contributed by atoms with Gasteiger partial charge in [0.2, 0.25) is 0 Å². The van der Waals surface area contributed by atoms with E-state index < -0.39 is 0 Å². The third kappa shape index (κ3) is 1.80. The van der Waals surface area contributed by atoms with Gasteiger partial charge >= 0.3 is 0 Å². The Morgan fingerprint density at radius 1 is 0.909 bits per heavy atom. The molecule has 0 fully saturated rings. The summed E-state index contributed by atoms with van der Waals surface area (Å²) in [6.45, 7) is 6.56. The van der Waals surface area contributed by atoms with Crippen molar-refractivity contribution in [3.8, 4) is 11.1 Å². The summed E-state index contributed by atoms with van der Waals surface area (Å²) in [5, 5.41) is 0. The molecule has 4 aromatic rings. The summed E-state index contributed by atoms with van der Waals surface area (Å²) in [5.41, 5.74) is 9.17. The van der Waals surface area contributed by atoms with E-state index in [4.69, 9.17) is 0 Å². The minimum absolute atomic E-state index is 1.08. The molecule has 110 valence electrons. The number of aromatic nitrogens is 2. The van der Waals surface area contributed by atoms with E-state index in [1.165, 1.54) is 39.0 Å². The fourth-order valence-corrected chi connectivity index (χ4v) is 3.35. The zero-order valence-corrected chi connectivity index (χ0v) is 13.3. The summed E-state index contributed by atoms with van der Waals surface area (Å²) in [4.78, 5) is 0. The lowest BCUT2D eigenvalue weighted by atomic mass is 10.0. The van der Waals surface area contributed by atoms with Crippen molar-refractivity contribution in [2.45, 2.75) is 27.2 Å². The van der Waals surface area contributed by atoms with Crippen molar-refractivity contribution in [2.75, 3.05) is 0 Å². The molecule has 1 aromatic carbocycles. The maximum Gasteiger partial charge on any atom is 0.0728 e. The van der Waals surface area contributed by atoms with Gasteiger partial charge in [-0.1, -0.05) is 31.2 Å². The second-order valence-corrected chi connectivity index (χ2v) is 6.00. The molecule has 0 atom stereocenters. The van der Waals surface area contributed by atoms with Gasteiger partial charge in [-0.2, -0.15) is 0 Å². The van der Waals surface area contributed by atoms with Gasteiger partial charge in [-0.05, 0) is 49.1 Å². The highest BCUT2D eigenvalue weighted by molar-refractivity contribution is 5.87. The van der Waals surface area contributed by atoms with Crippen LogP contribution in [-0.4, -0.2) is 8.80 Å². The van der Waals surface area contributed by atoms with Crippen LogP contribution in [0.1, 0.15) is 23.7 Å². The fourth-order valence-electron chi connectivity index (χ4n) is 3.35. The molecule has 0 amide bonds. The molecule has 22 heavy (non-hydrogen) atoms. The minimum atomic E-state index is 1.08. The summed E-state index contributed by atoms with van der Waals surface area (Å²) in [6, 6.07) is 13.3. The van der Waals surface area contributed by atoms with Crippen LogP contribution in [0.5, 0.6) is 0 Å². The van der Waals surface area contributed by atoms with Gasteiger partial charge in [-0.3, -0.25) is 0 Å². The lowest BCUT2D eigenvalue weighted by Gasteiger charge is -2.03. The molecule has 3 aromatic heterocycles. The van der Waals surface area contributed by atoms with E-state index in [2.05, 4.69) is 84.6 Å². The number of hydrogen-bond donors (Lipinski definition) is 0. The van der Waals surface area contributed by atoms with Crippen molar-refractivity contribution in [2.24, 2.45) is 0 Å². The van der Waals surface area contributed by atoms with Crippen LogP contribution in [0.4, 0.5) is 0 Å². The zero-order chi connectivity index (χ0) is 15.3. The van der Waals surface area contributed by atoms with Crippen molar-refractivity contribution in [1.29, 1.82) is 0 Å². The summed E-state index contributed by atoms with van der Waals surface area (Å²) in [7, 11) is 0. The molecule has 0 spiro atoms. The molecular weight excluding hydrogens is 268 g/mol. The number of benzene rings is 1. The Morgan fingerprint density at radius 3 is 2.41 bits per heavy atom. The van der Waals surface area contributed by atoms with Crippen molar-refractivity contribution in [3.63, 3.8) is 0 Å². The van der Waals surface area contributed by atoms with Gasteiger partial charge in [0.05, 0.1) is 11.0 Å². The third-order valence-corrected chi connectivity index (χ3v) is 4.70. The second-order valence-electron chi connectivity index (χ2n) is 6.00. The largest absolute Gasteiger partial charge is 0.320 e. The summed E-state index contributed by atoms with van der Waals surface area (Å²) in [5.74, 6) is 0. The van der Waals surface area contributed by atoms with Gasteiger partial charge in [0.1, 0.15) is 0 Å². The van der Waals surface area contributed by atoms with Crippen LogP contribution in [0, 0.1) is 13.8 Å². The Morgan fingerprint density at radius 2 is 1.68 bits per heavy atom. The molecule has 0 radical (unpaired) electrons. The molecule has 0 aliphatic heterocycles. The van der Waals surface area contributed by atoms with E-state index in [1.54, 1.807) is 0 Å². The molecule has 0 aliphatic carbocycles. The van der Waals surface area contributed by atoms with Gasteiger partial charge < -0.3 is 8.80 Å². The predicted molar refractivity (Wildman–Crippen MR) is 92.6 cm³/mol. The normalized spacial score (nSPS) is 11.6. The Labute approximate surface area is 130 Å². The molecular formula is C20H20N2.